The highest BCUT2D eigenvalue weighted by Gasteiger charge is 2.23. The Morgan fingerprint density at radius 3 is 2.67 bits per heavy atom. The molecule has 116 valence electrons. The molecule has 0 radical (unpaired) electrons. The Kier molecular flexibility index (Phi) is 6.05. The van der Waals surface area contributed by atoms with E-state index in [1.165, 1.54) is 25.7 Å². The fourth-order valence-electron chi connectivity index (χ4n) is 2.87. The normalized spacial score (nSPS) is 21.8. The minimum absolute atomic E-state index is 0.249. The summed E-state index contributed by atoms with van der Waals surface area (Å²) in [5.41, 5.74) is 7.51. The lowest BCUT2D eigenvalue weighted by molar-refractivity contribution is 0.0505. The van der Waals surface area contributed by atoms with Crippen molar-refractivity contribution in [1.29, 1.82) is 0 Å². The maximum Gasteiger partial charge on any atom is 0.338 e. The number of carbonyl (C=O) groups is 1. The summed E-state index contributed by atoms with van der Waals surface area (Å²) in [6.07, 6.45) is 5.75. The molecule has 21 heavy (non-hydrogen) atoms. The Labute approximate surface area is 127 Å². The van der Waals surface area contributed by atoms with Gasteiger partial charge in [0.2, 0.25) is 0 Å². The Morgan fingerprint density at radius 2 is 2.00 bits per heavy atom. The van der Waals surface area contributed by atoms with Crippen LogP contribution in [0.25, 0.3) is 0 Å². The third kappa shape index (κ3) is 4.46. The van der Waals surface area contributed by atoms with E-state index in [2.05, 4.69) is 5.32 Å². The number of carbonyl (C=O) groups excluding carboxylic acids is 1. The van der Waals surface area contributed by atoms with Gasteiger partial charge in [0.25, 0.3) is 0 Å². The number of rotatable bonds is 6. The van der Waals surface area contributed by atoms with Gasteiger partial charge in [-0.25, -0.2) is 4.79 Å². The number of hydrogen-bond donors (Lipinski definition) is 2. The van der Waals surface area contributed by atoms with Crippen LogP contribution in [-0.4, -0.2) is 25.2 Å². The lowest BCUT2D eigenvalue weighted by atomic mass is 9.84. The molecule has 2 atom stereocenters. The van der Waals surface area contributed by atoms with E-state index in [-0.39, 0.29) is 5.97 Å². The highest BCUT2D eigenvalue weighted by Crippen LogP contribution is 2.26. The van der Waals surface area contributed by atoms with Crippen molar-refractivity contribution in [3.8, 4) is 0 Å². The number of esters is 1. The monoisotopic (exact) mass is 290 g/mol. The molecule has 0 aromatic heterocycles. The van der Waals surface area contributed by atoms with Gasteiger partial charge in [-0.1, -0.05) is 19.8 Å². The van der Waals surface area contributed by atoms with Crippen LogP contribution >= 0.6 is 0 Å². The van der Waals surface area contributed by atoms with Gasteiger partial charge in [-0.2, -0.15) is 0 Å². The summed E-state index contributed by atoms with van der Waals surface area (Å²) in [6.45, 7) is 3.19. The zero-order chi connectivity index (χ0) is 15.1. The summed E-state index contributed by atoms with van der Waals surface area (Å²) in [4.78, 5) is 11.7. The molecule has 0 spiro atoms. The van der Waals surface area contributed by atoms with Crippen LogP contribution in [0.2, 0.25) is 0 Å². The van der Waals surface area contributed by atoms with Gasteiger partial charge in [0.15, 0.2) is 0 Å². The molecule has 0 saturated heterocycles. The average Bonchev–Trinajstić information content (AvgIpc) is 2.54. The van der Waals surface area contributed by atoms with Crippen LogP contribution in [0.15, 0.2) is 24.3 Å². The number of nitrogens with one attached hydrogen (secondary N) is 1. The van der Waals surface area contributed by atoms with Crippen LogP contribution < -0.4 is 11.1 Å². The first-order chi connectivity index (χ1) is 10.2. The highest BCUT2D eigenvalue weighted by atomic mass is 16.5. The quantitative estimate of drug-likeness (QED) is 0.790. The zero-order valence-electron chi connectivity index (χ0n) is 12.8. The van der Waals surface area contributed by atoms with Gasteiger partial charge in [0.05, 0.1) is 12.2 Å². The summed E-state index contributed by atoms with van der Waals surface area (Å²) in [7, 11) is 0. The molecule has 2 rings (SSSR count). The first kappa shape index (κ1) is 15.8. The van der Waals surface area contributed by atoms with E-state index < -0.39 is 0 Å². The minimum atomic E-state index is -0.249. The summed E-state index contributed by atoms with van der Waals surface area (Å²) >= 11 is 0. The van der Waals surface area contributed by atoms with Crippen molar-refractivity contribution in [2.24, 2.45) is 11.7 Å². The van der Waals surface area contributed by atoms with Gasteiger partial charge in [0.1, 0.15) is 0 Å². The van der Waals surface area contributed by atoms with Crippen molar-refractivity contribution in [2.75, 3.05) is 18.5 Å². The van der Waals surface area contributed by atoms with Crippen molar-refractivity contribution >= 4 is 11.7 Å². The predicted octanol–water partition coefficient (Wildman–Crippen LogP) is 3.18. The summed E-state index contributed by atoms with van der Waals surface area (Å²) in [5, 5.41) is 3.56. The van der Waals surface area contributed by atoms with Crippen molar-refractivity contribution in [3.05, 3.63) is 29.8 Å². The molecular formula is C17H26N2O2. The first-order valence-electron chi connectivity index (χ1n) is 7.98. The van der Waals surface area contributed by atoms with Crippen LogP contribution in [0.1, 0.15) is 49.4 Å². The smallest absolute Gasteiger partial charge is 0.338 e. The maximum absolute atomic E-state index is 11.7. The lowest BCUT2D eigenvalue weighted by Gasteiger charge is -2.32. The van der Waals surface area contributed by atoms with E-state index >= 15 is 0 Å². The first-order valence-corrected chi connectivity index (χ1v) is 7.98. The van der Waals surface area contributed by atoms with Crippen molar-refractivity contribution in [3.63, 3.8) is 0 Å². The Hall–Kier alpha value is -1.55. The maximum atomic E-state index is 11.7. The molecule has 4 heteroatoms. The second-order valence-corrected chi connectivity index (χ2v) is 5.74. The molecule has 1 fully saturated rings. The highest BCUT2D eigenvalue weighted by molar-refractivity contribution is 5.89. The largest absolute Gasteiger partial charge is 0.462 e. The second kappa shape index (κ2) is 8.03. The standard InChI is InChI=1S/C17H26N2O2/c1-2-11-21-17(20)13-7-9-15(10-8-13)19-16-6-4-3-5-14(16)12-18/h7-10,14,16,19H,2-6,11-12,18H2,1H3. The van der Waals surface area contributed by atoms with Crippen molar-refractivity contribution < 1.29 is 9.53 Å². The molecule has 2 unspecified atom stereocenters. The van der Waals surface area contributed by atoms with Gasteiger partial charge in [-0.15, -0.1) is 0 Å². The molecule has 1 aromatic carbocycles. The number of nitrogens with two attached hydrogens (primary N) is 1. The van der Waals surface area contributed by atoms with Gasteiger partial charge >= 0.3 is 5.97 Å². The van der Waals surface area contributed by atoms with Crippen LogP contribution in [0.5, 0.6) is 0 Å². The van der Waals surface area contributed by atoms with Gasteiger partial charge < -0.3 is 15.8 Å². The van der Waals surface area contributed by atoms with Crippen LogP contribution in [0, 0.1) is 5.92 Å². The molecule has 1 aliphatic carbocycles. The minimum Gasteiger partial charge on any atom is -0.462 e. The second-order valence-electron chi connectivity index (χ2n) is 5.74. The van der Waals surface area contributed by atoms with Gasteiger partial charge in [0, 0.05) is 11.7 Å². The number of benzene rings is 1. The Morgan fingerprint density at radius 1 is 1.29 bits per heavy atom. The van der Waals surface area contributed by atoms with E-state index in [1.54, 1.807) is 0 Å². The van der Waals surface area contributed by atoms with E-state index in [1.807, 2.05) is 31.2 Å². The lowest BCUT2D eigenvalue weighted by Crippen LogP contribution is -2.36. The van der Waals surface area contributed by atoms with Crippen LogP contribution in [-0.2, 0) is 4.74 Å². The Balaban J connectivity index is 1.94. The van der Waals surface area contributed by atoms with E-state index in [9.17, 15) is 4.79 Å². The summed E-state index contributed by atoms with van der Waals surface area (Å²) in [6, 6.07) is 7.98. The molecule has 1 saturated carbocycles. The molecule has 1 aliphatic rings. The van der Waals surface area contributed by atoms with Crippen LogP contribution in [0.3, 0.4) is 0 Å². The molecule has 1 aromatic rings. The van der Waals surface area contributed by atoms with Crippen molar-refractivity contribution in [1.82, 2.24) is 0 Å². The average molecular weight is 290 g/mol. The topological polar surface area (TPSA) is 64.3 Å². The Bertz CT molecular complexity index is 445. The molecule has 0 heterocycles. The number of hydrogen-bond acceptors (Lipinski definition) is 4. The van der Waals surface area contributed by atoms with Crippen LogP contribution in [0.4, 0.5) is 5.69 Å². The summed E-state index contributed by atoms with van der Waals surface area (Å²) in [5.74, 6) is 0.300. The number of anilines is 1. The molecular weight excluding hydrogens is 264 g/mol. The predicted molar refractivity (Wildman–Crippen MR) is 85.4 cm³/mol. The van der Waals surface area contributed by atoms with E-state index in [0.717, 1.165) is 18.7 Å². The van der Waals surface area contributed by atoms with Gasteiger partial charge in [-0.05, 0) is 56.0 Å². The SMILES string of the molecule is CCCOC(=O)c1ccc(NC2CCCCC2CN)cc1. The fourth-order valence-corrected chi connectivity index (χ4v) is 2.87. The third-order valence-electron chi connectivity index (χ3n) is 4.12. The zero-order valence-corrected chi connectivity index (χ0v) is 12.8. The third-order valence-corrected chi connectivity index (χ3v) is 4.12. The van der Waals surface area contributed by atoms with E-state index in [0.29, 0.717) is 24.1 Å². The van der Waals surface area contributed by atoms with Crippen molar-refractivity contribution in [2.45, 2.75) is 45.1 Å². The summed E-state index contributed by atoms with van der Waals surface area (Å²) < 4.78 is 5.13. The molecule has 0 aliphatic heterocycles. The van der Waals surface area contributed by atoms with Gasteiger partial charge in [-0.3, -0.25) is 0 Å². The van der Waals surface area contributed by atoms with E-state index in [4.69, 9.17) is 10.5 Å². The fraction of sp³-hybridized carbons (Fsp3) is 0.588. The molecule has 0 amide bonds. The molecule has 3 N–H and O–H groups in total. The molecule has 4 nitrogen and oxygen atoms in total. The molecule has 0 bridgehead atoms. The number of ether oxygens (including phenoxy) is 1.